The van der Waals surface area contributed by atoms with Crippen molar-refractivity contribution >= 4 is 11.5 Å². The lowest BCUT2D eigenvalue weighted by atomic mass is 10.1. The zero-order valence-corrected chi connectivity index (χ0v) is 10.3. The number of rotatable bonds is 4. The normalized spacial score (nSPS) is 16.1. The molecule has 4 heteroatoms. The van der Waals surface area contributed by atoms with Gasteiger partial charge in [-0.3, -0.25) is 10.4 Å². The summed E-state index contributed by atoms with van der Waals surface area (Å²) in [7, 11) is 2.09. The smallest absolute Gasteiger partial charge is 0.141 e. The molecule has 1 aliphatic carbocycles. The molecule has 0 amide bonds. The van der Waals surface area contributed by atoms with E-state index in [9.17, 15) is 0 Å². The van der Waals surface area contributed by atoms with Gasteiger partial charge in [-0.2, -0.15) is 0 Å². The van der Waals surface area contributed by atoms with E-state index in [2.05, 4.69) is 16.9 Å². The van der Waals surface area contributed by atoms with Crippen molar-refractivity contribution < 1.29 is 0 Å². The van der Waals surface area contributed by atoms with Crippen molar-refractivity contribution in [3.05, 3.63) is 24.0 Å². The fourth-order valence-electron chi connectivity index (χ4n) is 2.49. The van der Waals surface area contributed by atoms with E-state index in [1.807, 2.05) is 12.1 Å². The number of nitrogens with zero attached hydrogens (tertiary/aromatic N) is 2. The minimum atomic E-state index is 0.0288. The molecule has 1 saturated carbocycles. The predicted octanol–water partition coefficient (Wildman–Crippen LogP) is 1.99. The first kappa shape index (κ1) is 11.9. The van der Waals surface area contributed by atoms with Crippen molar-refractivity contribution in [2.75, 3.05) is 18.5 Å². The largest absolute Gasteiger partial charge is 0.382 e. The van der Waals surface area contributed by atoms with Crippen LogP contribution in [-0.2, 0) is 0 Å². The Morgan fingerprint density at radius 1 is 1.53 bits per heavy atom. The summed E-state index contributed by atoms with van der Waals surface area (Å²) in [4.78, 5) is 6.32. The summed E-state index contributed by atoms with van der Waals surface area (Å²) >= 11 is 0. The summed E-state index contributed by atoms with van der Waals surface area (Å²) in [5.74, 6) is 0.843. The molecule has 1 aromatic heterocycles. The van der Waals surface area contributed by atoms with Crippen LogP contribution in [0.5, 0.6) is 0 Å². The van der Waals surface area contributed by atoms with Crippen LogP contribution in [0.1, 0.15) is 31.4 Å². The maximum atomic E-state index is 7.39. The van der Waals surface area contributed by atoms with Crippen molar-refractivity contribution in [3.63, 3.8) is 0 Å². The van der Waals surface area contributed by atoms with Gasteiger partial charge in [0.15, 0.2) is 0 Å². The van der Waals surface area contributed by atoms with Crippen LogP contribution in [0.4, 0.5) is 5.69 Å². The molecule has 4 nitrogen and oxygen atoms in total. The van der Waals surface area contributed by atoms with Gasteiger partial charge in [0.1, 0.15) is 11.5 Å². The lowest BCUT2D eigenvalue weighted by molar-refractivity contribution is 0.547. The molecule has 2 rings (SSSR count). The van der Waals surface area contributed by atoms with Crippen molar-refractivity contribution in [2.24, 2.45) is 11.7 Å². The Morgan fingerprint density at radius 2 is 2.24 bits per heavy atom. The molecule has 1 aliphatic rings. The molecular formula is C13H20N4. The lowest BCUT2D eigenvalue weighted by Crippen LogP contribution is -2.24. The van der Waals surface area contributed by atoms with Gasteiger partial charge in [0.2, 0.25) is 0 Å². The van der Waals surface area contributed by atoms with Crippen LogP contribution in [0.2, 0.25) is 0 Å². The van der Waals surface area contributed by atoms with Gasteiger partial charge in [-0.15, -0.1) is 0 Å². The lowest BCUT2D eigenvalue weighted by Gasteiger charge is -2.23. The molecular weight excluding hydrogens is 212 g/mol. The van der Waals surface area contributed by atoms with Crippen molar-refractivity contribution in [2.45, 2.75) is 25.7 Å². The monoisotopic (exact) mass is 232 g/mol. The zero-order valence-electron chi connectivity index (χ0n) is 10.3. The maximum absolute atomic E-state index is 7.39. The molecule has 0 saturated heterocycles. The molecule has 3 N–H and O–H groups in total. The third kappa shape index (κ3) is 2.96. The van der Waals surface area contributed by atoms with E-state index in [0.717, 1.165) is 18.2 Å². The summed E-state index contributed by atoms with van der Waals surface area (Å²) in [6, 6.07) is 3.86. The SMILES string of the molecule is CN(CC1CCCC1)c1ccnc(C(=N)N)c1. The molecule has 0 aliphatic heterocycles. The first-order valence-corrected chi connectivity index (χ1v) is 6.18. The molecule has 0 spiro atoms. The number of nitrogens with two attached hydrogens (primary N) is 1. The van der Waals surface area contributed by atoms with Gasteiger partial charge in [-0.05, 0) is 30.9 Å². The standard InChI is InChI=1S/C13H20N4/c1-17(9-10-4-2-3-5-10)11-6-7-16-12(8-11)13(14)15/h6-8,10H,2-5,9H2,1H3,(H3,14,15). The number of aromatic nitrogens is 1. The van der Waals surface area contributed by atoms with Crippen LogP contribution >= 0.6 is 0 Å². The van der Waals surface area contributed by atoms with Crippen molar-refractivity contribution in [3.8, 4) is 0 Å². The number of nitrogen functional groups attached to an aromatic ring is 1. The van der Waals surface area contributed by atoms with E-state index in [0.29, 0.717) is 5.69 Å². The van der Waals surface area contributed by atoms with Crippen LogP contribution in [-0.4, -0.2) is 24.4 Å². The molecule has 0 unspecified atom stereocenters. The minimum absolute atomic E-state index is 0.0288. The van der Waals surface area contributed by atoms with Crippen molar-refractivity contribution in [1.82, 2.24) is 4.98 Å². The highest BCUT2D eigenvalue weighted by atomic mass is 15.1. The van der Waals surface area contributed by atoms with E-state index < -0.39 is 0 Å². The number of nitrogens with one attached hydrogen (secondary N) is 1. The highest BCUT2D eigenvalue weighted by molar-refractivity contribution is 5.93. The molecule has 0 bridgehead atoms. The minimum Gasteiger partial charge on any atom is -0.382 e. The fraction of sp³-hybridized carbons (Fsp3) is 0.538. The van der Waals surface area contributed by atoms with E-state index in [1.54, 1.807) is 6.20 Å². The first-order chi connectivity index (χ1) is 8.16. The number of hydrogen-bond donors (Lipinski definition) is 2. The molecule has 0 atom stereocenters. The Labute approximate surface area is 102 Å². The Balaban J connectivity index is 2.04. The van der Waals surface area contributed by atoms with E-state index >= 15 is 0 Å². The third-order valence-corrected chi connectivity index (χ3v) is 3.47. The van der Waals surface area contributed by atoms with Gasteiger partial charge in [0, 0.05) is 25.5 Å². The molecule has 1 aromatic rings. The van der Waals surface area contributed by atoms with Crippen LogP contribution in [0.25, 0.3) is 0 Å². The Kier molecular flexibility index (Phi) is 3.61. The van der Waals surface area contributed by atoms with Gasteiger partial charge < -0.3 is 10.6 Å². The second kappa shape index (κ2) is 5.17. The van der Waals surface area contributed by atoms with Gasteiger partial charge in [0.25, 0.3) is 0 Å². The summed E-state index contributed by atoms with van der Waals surface area (Å²) in [6.45, 7) is 1.08. The second-order valence-corrected chi connectivity index (χ2v) is 4.84. The molecule has 17 heavy (non-hydrogen) atoms. The number of pyridine rings is 1. The van der Waals surface area contributed by atoms with Gasteiger partial charge in [-0.1, -0.05) is 12.8 Å². The average molecular weight is 232 g/mol. The summed E-state index contributed by atoms with van der Waals surface area (Å²) in [6.07, 6.45) is 7.14. The van der Waals surface area contributed by atoms with Gasteiger partial charge >= 0.3 is 0 Å². The highest BCUT2D eigenvalue weighted by Crippen LogP contribution is 2.26. The second-order valence-electron chi connectivity index (χ2n) is 4.84. The molecule has 0 radical (unpaired) electrons. The van der Waals surface area contributed by atoms with Gasteiger partial charge in [-0.25, -0.2) is 0 Å². The van der Waals surface area contributed by atoms with Crippen LogP contribution in [0.3, 0.4) is 0 Å². The van der Waals surface area contributed by atoms with Crippen LogP contribution < -0.4 is 10.6 Å². The molecule has 0 aromatic carbocycles. The average Bonchev–Trinajstić information content (AvgIpc) is 2.82. The first-order valence-electron chi connectivity index (χ1n) is 6.18. The predicted molar refractivity (Wildman–Crippen MR) is 70.5 cm³/mol. The summed E-state index contributed by atoms with van der Waals surface area (Å²) in [5.41, 5.74) is 7.10. The number of amidine groups is 1. The molecule has 1 heterocycles. The quantitative estimate of drug-likeness (QED) is 0.616. The highest BCUT2D eigenvalue weighted by Gasteiger charge is 2.17. The zero-order chi connectivity index (χ0) is 12.3. The van der Waals surface area contributed by atoms with E-state index in [-0.39, 0.29) is 5.84 Å². The Hall–Kier alpha value is -1.58. The Bertz CT molecular complexity index is 396. The molecule has 92 valence electrons. The summed E-state index contributed by atoms with van der Waals surface area (Å²) in [5, 5.41) is 7.39. The number of hydrogen-bond acceptors (Lipinski definition) is 3. The summed E-state index contributed by atoms with van der Waals surface area (Å²) < 4.78 is 0. The Morgan fingerprint density at radius 3 is 2.88 bits per heavy atom. The molecule has 1 fully saturated rings. The fourth-order valence-corrected chi connectivity index (χ4v) is 2.49. The van der Waals surface area contributed by atoms with Crippen molar-refractivity contribution in [1.29, 1.82) is 5.41 Å². The maximum Gasteiger partial charge on any atom is 0.141 e. The topological polar surface area (TPSA) is 66.0 Å². The van der Waals surface area contributed by atoms with Gasteiger partial charge in [0.05, 0.1) is 0 Å². The van der Waals surface area contributed by atoms with E-state index in [4.69, 9.17) is 11.1 Å². The number of anilines is 1. The van der Waals surface area contributed by atoms with Crippen LogP contribution in [0, 0.1) is 11.3 Å². The van der Waals surface area contributed by atoms with E-state index in [1.165, 1.54) is 25.7 Å². The third-order valence-electron chi connectivity index (χ3n) is 3.47. The van der Waals surface area contributed by atoms with Crippen LogP contribution in [0.15, 0.2) is 18.3 Å².